The number of ether oxygens (including phenoxy) is 3. The zero-order valence-corrected chi connectivity index (χ0v) is 19.8. The normalized spacial score (nSPS) is 12.3. The van der Waals surface area contributed by atoms with E-state index in [0.29, 0.717) is 27.5 Å². The fraction of sp³-hybridized carbons (Fsp3) is 0.200. The number of carbonyl (C=O) groups excluding carboxylic acids is 4. The summed E-state index contributed by atoms with van der Waals surface area (Å²) in [6.45, 7) is 1.47. The lowest BCUT2D eigenvalue weighted by molar-refractivity contribution is -0.118. The third-order valence-corrected chi connectivity index (χ3v) is 6.17. The van der Waals surface area contributed by atoms with Gasteiger partial charge >= 0.3 is 5.97 Å². The minimum atomic E-state index is -0.624. The molecule has 1 aliphatic heterocycles. The summed E-state index contributed by atoms with van der Waals surface area (Å²) in [5, 5.41) is 2.91. The Morgan fingerprint density at radius 3 is 2.31 bits per heavy atom. The number of methoxy groups -OCH3 is 1. The molecule has 2 aromatic carbocycles. The Kier molecular flexibility index (Phi) is 7.11. The maximum Gasteiger partial charge on any atom is 0.341 e. The molecule has 10 heteroatoms. The molecule has 0 bridgehead atoms. The van der Waals surface area contributed by atoms with Gasteiger partial charge in [0.25, 0.3) is 17.7 Å². The van der Waals surface area contributed by atoms with E-state index in [4.69, 9.17) is 14.2 Å². The van der Waals surface area contributed by atoms with E-state index >= 15 is 0 Å². The van der Waals surface area contributed by atoms with E-state index in [1.165, 1.54) is 13.2 Å². The van der Waals surface area contributed by atoms with Crippen LogP contribution in [-0.2, 0) is 16.1 Å². The summed E-state index contributed by atoms with van der Waals surface area (Å²) in [5.41, 5.74) is 0.809. The highest BCUT2D eigenvalue weighted by Gasteiger charge is 2.35. The van der Waals surface area contributed by atoms with Crippen LogP contribution in [0.5, 0.6) is 11.5 Å². The van der Waals surface area contributed by atoms with E-state index < -0.39 is 23.7 Å². The quantitative estimate of drug-likeness (QED) is 0.356. The van der Waals surface area contributed by atoms with Gasteiger partial charge in [0, 0.05) is 10.9 Å². The SMILES string of the molecule is CCOC(=O)c1cc(CN2C(=O)c3ccccc3C2=O)sc1NC(=O)COc1cccc(OC)c1. The van der Waals surface area contributed by atoms with E-state index in [0.717, 1.165) is 16.2 Å². The molecule has 4 rings (SSSR count). The fourth-order valence-corrected chi connectivity index (χ4v) is 4.56. The number of rotatable bonds is 9. The number of fused-ring (bicyclic) bond motifs is 1. The summed E-state index contributed by atoms with van der Waals surface area (Å²) in [6.07, 6.45) is 0. The largest absolute Gasteiger partial charge is 0.497 e. The number of carbonyl (C=O) groups is 4. The Balaban J connectivity index is 1.49. The predicted octanol–water partition coefficient (Wildman–Crippen LogP) is 3.75. The van der Waals surface area contributed by atoms with Crippen LogP contribution in [0.15, 0.2) is 54.6 Å². The third kappa shape index (κ3) is 5.17. The van der Waals surface area contributed by atoms with Gasteiger partial charge in [-0.25, -0.2) is 4.79 Å². The van der Waals surface area contributed by atoms with Gasteiger partial charge in [-0.05, 0) is 37.3 Å². The number of thiophene rings is 1. The minimum absolute atomic E-state index is 0.0421. The van der Waals surface area contributed by atoms with Gasteiger partial charge in [0.15, 0.2) is 6.61 Å². The highest BCUT2D eigenvalue weighted by atomic mass is 32.1. The van der Waals surface area contributed by atoms with Crippen LogP contribution in [0, 0.1) is 0 Å². The summed E-state index contributed by atoms with van der Waals surface area (Å²) >= 11 is 1.08. The van der Waals surface area contributed by atoms with Crippen molar-refractivity contribution < 1.29 is 33.4 Å². The highest BCUT2D eigenvalue weighted by Crippen LogP contribution is 2.32. The third-order valence-electron chi connectivity index (χ3n) is 5.13. The van der Waals surface area contributed by atoms with Gasteiger partial charge in [0.05, 0.1) is 37.0 Å². The van der Waals surface area contributed by atoms with Crippen LogP contribution in [0.1, 0.15) is 42.9 Å². The Hall–Kier alpha value is -4.18. The second-order valence-corrected chi connectivity index (χ2v) is 8.57. The molecule has 0 spiro atoms. The summed E-state index contributed by atoms with van der Waals surface area (Å²) in [7, 11) is 1.53. The van der Waals surface area contributed by atoms with Crippen LogP contribution < -0.4 is 14.8 Å². The van der Waals surface area contributed by atoms with Crippen LogP contribution in [0.25, 0.3) is 0 Å². The number of amides is 3. The molecule has 0 unspecified atom stereocenters. The molecule has 0 saturated heterocycles. The van der Waals surface area contributed by atoms with Crippen molar-refractivity contribution in [3.63, 3.8) is 0 Å². The average Bonchev–Trinajstić information content (AvgIpc) is 3.37. The number of nitrogens with one attached hydrogen (secondary N) is 1. The summed E-state index contributed by atoms with van der Waals surface area (Å²) in [4.78, 5) is 52.1. The van der Waals surface area contributed by atoms with Crippen LogP contribution in [-0.4, -0.2) is 48.9 Å². The molecule has 9 nitrogen and oxygen atoms in total. The molecule has 1 N–H and O–H groups in total. The molecule has 3 aromatic rings. The van der Waals surface area contributed by atoms with Gasteiger partial charge < -0.3 is 19.5 Å². The van der Waals surface area contributed by atoms with Gasteiger partial charge in [-0.3, -0.25) is 19.3 Å². The average molecular weight is 495 g/mol. The maximum atomic E-state index is 12.7. The second kappa shape index (κ2) is 10.4. The molecule has 180 valence electrons. The topological polar surface area (TPSA) is 111 Å². The zero-order valence-electron chi connectivity index (χ0n) is 19.0. The van der Waals surface area contributed by atoms with E-state index in [2.05, 4.69) is 5.32 Å². The molecule has 0 atom stereocenters. The Morgan fingerprint density at radius 1 is 0.971 bits per heavy atom. The Bertz CT molecular complexity index is 1270. The number of anilines is 1. The lowest BCUT2D eigenvalue weighted by Gasteiger charge is -2.12. The van der Waals surface area contributed by atoms with Crippen molar-refractivity contribution in [2.24, 2.45) is 0 Å². The van der Waals surface area contributed by atoms with Crippen molar-refractivity contribution >= 4 is 40.0 Å². The van der Waals surface area contributed by atoms with Gasteiger partial charge in [-0.2, -0.15) is 0 Å². The van der Waals surface area contributed by atoms with Crippen molar-refractivity contribution in [3.05, 3.63) is 76.2 Å². The molecule has 1 aromatic heterocycles. The van der Waals surface area contributed by atoms with E-state index in [1.807, 2.05) is 0 Å². The summed E-state index contributed by atoms with van der Waals surface area (Å²) in [5.74, 6) is -0.900. The smallest absolute Gasteiger partial charge is 0.341 e. The minimum Gasteiger partial charge on any atom is -0.497 e. The van der Waals surface area contributed by atoms with Crippen molar-refractivity contribution in [2.75, 3.05) is 25.6 Å². The summed E-state index contributed by atoms with van der Waals surface area (Å²) in [6, 6.07) is 14.9. The van der Waals surface area contributed by atoms with E-state index in [9.17, 15) is 19.2 Å². The second-order valence-electron chi connectivity index (χ2n) is 7.43. The number of benzene rings is 2. The fourth-order valence-electron chi connectivity index (χ4n) is 3.51. The first-order valence-corrected chi connectivity index (χ1v) is 11.5. The van der Waals surface area contributed by atoms with E-state index in [-0.39, 0.29) is 30.3 Å². The Morgan fingerprint density at radius 2 is 1.66 bits per heavy atom. The number of hydrogen-bond acceptors (Lipinski definition) is 8. The van der Waals surface area contributed by atoms with E-state index in [1.54, 1.807) is 55.5 Å². The first kappa shape index (κ1) is 24.0. The van der Waals surface area contributed by atoms with Gasteiger partial charge in [0.2, 0.25) is 0 Å². The molecule has 0 radical (unpaired) electrons. The van der Waals surface area contributed by atoms with Gasteiger partial charge in [0.1, 0.15) is 16.5 Å². The molecule has 0 fully saturated rings. The molecule has 3 amide bonds. The predicted molar refractivity (Wildman–Crippen MR) is 128 cm³/mol. The van der Waals surface area contributed by atoms with Crippen LogP contribution in [0.4, 0.5) is 5.00 Å². The molecule has 0 aliphatic carbocycles. The van der Waals surface area contributed by atoms with Crippen molar-refractivity contribution in [3.8, 4) is 11.5 Å². The molecule has 1 aliphatic rings. The monoisotopic (exact) mass is 494 g/mol. The van der Waals surface area contributed by atoms with Gasteiger partial charge in [-0.1, -0.05) is 18.2 Å². The lowest BCUT2D eigenvalue weighted by Crippen LogP contribution is -2.28. The zero-order chi connectivity index (χ0) is 24.9. The Labute approximate surface area is 205 Å². The first-order valence-electron chi connectivity index (χ1n) is 10.7. The number of hydrogen-bond donors (Lipinski definition) is 1. The maximum absolute atomic E-state index is 12.7. The van der Waals surface area contributed by atoms with Crippen molar-refractivity contribution in [1.29, 1.82) is 0 Å². The van der Waals surface area contributed by atoms with Crippen LogP contribution >= 0.6 is 11.3 Å². The molecule has 2 heterocycles. The van der Waals surface area contributed by atoms with Crippen LogP contribution in [0.2, 0.25) is 0 Å². The lowest BCUT2D eigenvalue weighted by atomic mass is 10.1. The number of esters is 1. The molecular formula is C25H22N2O7S. The summed E-state index contributed by atoms with van der Waals surface area (Å²) < 4.78 is 15.7. The molecule has 35 heavy (non-hydrogen) atoms. The van der Waals surface area contributed by atoms with Crippen molar-refractivity contribution in [2.45, 2.75) is 13.5 Å². The standard InChI is InChI=1S/C25H22N2O7S/c1-3-33-25(31)20-12-17(13-27-23(29)18-9-4-5-10-19(18)24(27)30)35-22(20)26-21(28)14-34-16-8-6-7-15(11-16)32-2/h4-12H,3,13-14H2,1-2H3,(H,26,28). The first-order chi connectivity index (χ1) is 16.9. The number of nitrogens with zero attached hydrogens (tertiary/aromatic N) is 1. The highest BCUT2D eigenvalue weighted by molar-refractivity contribution is 7.16. The van der Waals surface area contributed by atoms with Gasteiger partial charge in [-0.15, -0.1) is 11.3 Å². The molecule has 0 saturated carbocycles. The van der Waals surface area contributed by atoms with Crippen LogP contribution in [0.3, 0.4) is 0 Å². The van der Waals surface area contributed by atoms with Crippen molar-refractivity contribution in [1.82, 2.24) is 4.90 Å². The number of imide groups is 1. The molecular weight excluding hydrogens is 472 g/mol.